The summed E-state index contributed by atoms with van der Waals surface area (Å²) in [6, 6.07) is 3.96. The predicted molar refractivity (Wildman–Crippen MR) is 75.0 cm³/mol. The number of carbonyl (C=O) groups excluding carboxylic acids is 1. The molecule has 7 heteroatoms. The maximum absolute atomic E-state index is 12.3. The lowest BCUT2D eigenvalue weighted by molar-refractivity contribution is -0.384. The molecular formula is C12H15BrN2O4. The molecule has 0 spiro atoms. The molecule has 0 aliphatic rings. The molecule has 0 aliphatic carbocycles. The molecule has 1 aromatic carbocycles. The number of alkyl halides is 1. The average molecular weight is 331 g/mol. The SMILES string of the molecule is COc1cc([N+](=O)[O-])ccc1C(=O)N(C)C(C)CBr. The molecule has 1 rings (SSSR count). The molecule has 104 valence electrons. The maximum atomic E-state index is 12.3. The highest BCUT2D eigenvalue weighted by molar-refractivity contribution is 9.09. The van der Waals surface area contributed by atoms with Crippen molar-refractivity contribution in [2.75, 3.05) is 19.5 Å². The standard InChI is InChI=1S/C12H15BrN2O4/c1-8(7-13)14(2)12(16)10-5-4-9(15(17)18)6-11(10)19-3/h4-6,8H,7H2,1-3H3. The van der Waals surface area contributed by atoms with Crippen LogP contribution in [0.25, 0.3) is 0 Å². The Hall–Kier alpha value is -1.63. The van der Waals surface area contributed by atoms with E-state index in [2.05, 4.69) is 15.9 Å². The van der Waals surface area contributed by atoms with Gasteiger partial charge in [0, 0.05) is 24.5 Å². The van der Waals surface area contributed by atoms with Crippen molar-refractivity contribution in [1.82, 2.24) is 4.90 Å². The number of rotatable bonds is 5. The molecule has 1 atom stereocenters. The lowest BCUT2D eigenvalue weighted by Gasteiger charge is -2.23. The molecule has 1 amide bonds. The normalized spacial score (nSPS) is 11.8. The second kappa shape index (κ2) is 6.51. The van der Waals surface area contributed by atoms with E-state index in [9.17, 15) is 14.9 Å². The number of carbonyl (C=O) groups is 1. The number of nitro benzene ring substituents is 1. The van der Waals surface area contributed by atoms with Crippen LogP contribution in [0, 0.1) is 10.1 Å². The van der Waals surface area contributed by atoms with Gasteiger partial charge in [-0.3, -0.25) is 14.9 Å². The molecule has 0 heterocycles. The van der Waals surface area contributed by atoms with Gasteiger partial charge in [0.1, 0.15) is 5.75 Å². The van der Waals surface area contributed by atoms with Gasteiger partial charge in [0.05, 0.1) is 23.7 Å². The Bertz CT molecular complexity index is 493. The number of ether oxygens (including phenoxy) is 1. The monoisotopic (exact) mass is 330 g/mol. The van der Waals surface area contributed by atoms with Crippen molar-refractivity contribution in [3.05, 3.63) is 33.9 Å². The molecule has 1 unspecified atom stereocenters. The lowest BCUT2D eigenvalue weighted by Crippen LogP contribution is -2.36. The van der Waals surface area contributed by atoms with Gasteiger partial charge in [-0.25, -0.2) is 0 Å². The molecule has 0 aromatic heterocycles. The molecule has 1 aromatic rings. The van der Waals surface area contributed by atoms with Gasteiger partial charge in [0.15, 0.2) is 0 Å². The van der Waals surface area contributed by atoms with Gasteiger partial charge < -0.3 is 9.64 Å². The first-order chi connectivity index (χ1) is 8.92. The summed E-state index contributed by atoms with van der Waals surface area (Å²) in [5.74, 6) is -0.0356. The minimum absolute atomic E-state index is 0.00685. The van der Waals surface area contributed by atoms with Crippen LogP contribution in [0.15, 0.2) is 18.2 Å². The third kappa shape index (κ3) is 3.44. The smallest absolute Gasteiger partial charge is 0.273 e. The number of hydrogen-bond acceptors (Lipinski definition) is 4. The number of hydrogen-bond donors (Lipinski definition) is 0. The van der Waals surface area contributed by atoms with E-state index in [0.29, 0.717) is 10.9 Å². The quantitative estimate of drug-likeness (QED) is 0.472. The van der Waals surface area contributed by atoms with Gasteiger partial charge in [0.2, 0.25) is 0 Å². The summed E-state index contributed by atoms with van der Waals surface area (Å²) >= 11 is 3.31. The lowest BCUT2D eigenvalue weighted by atomic mass is 10.1. The van der Waals surface area contributed by atoms with Crippen molar-refractivity contribution >= 4 is 27.5 Å². The summed E-state index contributed by atoms with van der Waals surface area (Å²) in [7, 11) is 3.05. The van der Waals surface area contributed by atoms with E-state index in [4.69, 9.17) is 4.74 Å². The van der Waals surface area contributed by atoms with Crippen LogP contribution in [0.3, 0.4) is 0 Å². The maximum Gasteiger partial charge on any atom is 0.273 e. The number of halogens is 1. The Morgan fingerprint density at radius 3 is 2.68 bits per heavy atom. The van der Waals surface area contributed by atoms with Crippen LogP contribution in [-0.2, 0) is 0 Å². The first-order valence-electron chi connectivity index (χ1n) is 5.58. The van der Waals surface area contributed by atoms with E-state index in [-0.39, 0.29) is 23.4 Å². The molecule has 19 heavy (non-hydrogen) atoms. The number of methoxy groups -OCH3 is 1. The summed E-state index contributed by atoms with van der Waals surface area (Å²) in [4.78, 5) is 24.0. The molecule has 0 aliphatic heterocycles. The van der Waals surface area contributed by atoms with Crippen LogP contribution in [0.4, 0.5) is 5.69 Å². The molecule has 0 bridgehead atoms. The number of amides is 1. The highest BCUT2D eigenvalue weighted by Gasteiger charge is 2.22. The van der Waals surface area contributed by atoms with Crippen molar-refractivity contribution in [2.24, 2.45) is 0 Å². The van der Waals surface area contributed by atoms with E-state index in [1.165, 1.54) is 25.3 Å². The molecule has 0 saturated carbocycles. The zero-order valence-corrected chi connectivity index (χ0v) is 12.5. The minimum Gasteiger partial charge on any atom is -0.496 e. The molecular weight excluding hydrogens is 316 g/mol. The highest BCUT2D eigenvalue weighted by Crippen LogP contribution is 2.26. The molecule has 0 saturated heterocycles. The molecule has 0 fully saturated rings. The summed E-state index contributed by atoms with van der Waals surface area (Å²) in [5.41, 5.74) is 0.202. The fourth-order valence-electron chi connectivity index (χ4n) is 1.46. The molecule has 0 radical (unpaired) electrons. The molecule has 0 N–H and O–H groups in total. The summed E-state index contributed by atoms with van der Waals surface area (Å²) in [5, 5.41) is 11.3. The first-order valence-corrected chi connectivity index (χ1v) is 6.70. The Kier molecular flexibility index (Phi) is 5.29. The van der Waals surface area contributed by atoms with Crippen LogP contribution in [-0.4, -0.2) is 41.3 Å². The third-order valence-corrected chi connectivity index (χ3v) is 3.77. The fraction of sp³-hybridized carbons (Fsp3) is 0.417. The van der Waals surface area contributed by atoms with Gasteiger partial charge in [-0.05, 0) is 13.0 Å². The Labute approximate surface area is 119 Å². The zero-order valence-electron chi connectivity index (χ0n) is 10.9. The topological polar surface area (TPSA) is 72.7 Å². The van der Waals surface area contributed by atoms with Crippen LogP contribution >= 0.6 is 15.9 Å². The van der Waals surface area contributed by atoms with Gasteiger partial charge in [-0.1, -0.05) is 15.9 Å². The van der Waals surface area contributed by atoms with Gasteiger partial charge in [-0.15, -0.1) is 0 Å². The summed E-state index contributed by atoms with van der Waals surface area (Å²) in [6.45, 7) is 1.89. The van der Waals surface area contributed by atoms with Crippen LogP contribution in [0.2, 0.25) is 0 Å². The third-order valence-electron chi connectivity index (χ3n) is 2.83. The Morgan fingerprint density at radius 2 is 2.21 bits per heavy atom. The van der Waals surface area contributed by atoms with E-state index in [0.717, 1.165) is 0 Å². The number of nitrogens with zero attached hydrogens (tertiary/aromatic N) is 2. The highest BCUT2D eigenvalue weighted by atomic mass is 79.9. The van der Waals surface area contributed by atoms with E-state index in [1.807, 2.05) is 6.92 Å². The molecule has 6 nitrogen and oxygen atoms in total. The van der Waals surface area contributed by atoms with Crippen molar-refractivity contribution < 1.29 is 14.5 Å². The van der Waals surface area contributed by atoms with Crippen molar-refractivity contribution in [1.29, 1.82) is 0 Å². The fourth-order valence-corrected chi connectivity index (χ4v) is 1.90. The predicted octanol–water partition coefficient (Wildman–Crippen LogP) is 2.46. The Balaban J connectivity index is 3.13. The van der Waals surface area contributed by atoms with Crippen molar-refractivity contribution in [2.45, 2.75) is 13.0 Å². The van der Waals surface area contributed by atoms with Crippen LogP contribution in [0.5, 0.6) is 5.75 Å². The van der Waals surface area contributed by atoms with Crippen molar-refractivity contribution in [3.8, 4) is 5.75 Å². The minimum atomic E-state index is -0.526. The average Bonchev–Trinajstić information content (AvgIpc) is 2.43. The summed E-state index contributed by atoms with van der Waals surface area (Å²) < 4.78 is 5.06. The number of benzene rings is 1. The second-order valence-electron chi connectivity index (χ2n) is 4.06. The van der Waals surface area contributed by atoms with E-state index in [1.54, 1.807) is 11.9 Å². The van der Waals surface area contributed by atoms with E-state index >= 15 is 0 Å². The van der Waals surface area contributed by atoms with Gasteiger partial charge in [-0.2, -0.15) is 0 Å². The summed E-state index contributed by atoms with van der Waals surface area (Å²) in [6.07, 6.45) is 0. The second-order valence-corrected chi connectivity index (χ2v) is 4.71. The first kappa shape index (κ1) is 15.4. The van der Waals surface area contributed by atoms with Gasteiger partial charge >= 0.3 is 0 Å². The Morgan fingerprint density at radius 1 is 1.58 bits per heavy atom. The van der Waals surface area contributed by atoms with Crippen molar-refractivity contribution in [3.63, 3.8) is 0 Å². The van der Waals surface area contributed by atoms with E-state index < -0.39 is 4.92 Å². The van der Waals surface area contributed by atoms with Crippen LogP contribution < -0.4 is 4.74 Å². The largest absolute Gasteiger partial charge is 0.496 e. The van der Waals surface area contributed by atoms with Gasteiger partial charge in [0.25, 0.3) is 11.6 Å². The number of nitro groups is 1. The van der Waals surface area contributed by atoms with Crippen LogP contribution in [0.1, 0.15) is 17.3 Å². The zero-order chi connectivity index (χ0) is 14.6. The number of non-ortho nitro benzene ring substituents is 1.